The molecule has 9 heteroatoms. The van der Waals surface area contributed by atoms with Crippen LogP contribution in [0.4, 0.5) is 10.5 Å². The van der Waals surface area contributed by atoms with Crippen LogP contribution in [0.2, 0.25) is 0 Å². The van der Waals surface area contributed by atoms with E-state index < -0.39 is 10.0 Å². The lowest BCUT2D eigenvalue weighted by Gasteiger charge is -2.35. The highest BCUT2D eigenvalue weighted by Gasteiger charge is 2.37. The maximum atomic E-state index is 13.0. The third-order valence-electron chi connectivity index (χ3n) is 6.26. The van der Waals surface area contributed by atoms with Crippen LogP contribution in [0.3, 0.4) is 0 Å². The second-order valence-electron chi connectivity index (χ2n) is 8.73. The zero-order valence-corrected chi connectivity index (χ0v) is 19.8. The summed E-state index contributed by atoms with van der Waals surface area (Å²) in [4.78, 5) is 28.1. The highest BCUT2D eigenvalue weighted by atomic mass is 32.2. The van der Waals surface area contributed by atoms with Gasteiger partial charge in [0, 0.05) is 51.4 Å². The molecule has 33 heavy (non-hydrogen) atoms. The molecule has 3 amide bonds. The van der Waals surface area contributed by atoms with Gasteiger partial charge in [0.1, 0.15) is 0 Å². The number of urea groups is 1. The van der Waals surface area contributed by atoms with Crippen LogP contribution in [0.1, 0.15) is 30.9 Å². The number of carbonyl (C=O) groups is 2. The van der Waals surface area contributed by atoms with E-state index in [4.69, 9.17) is 0 Å². The average Bonchev–Trinajstić information content (AvgIpc) is 3.14. The summed E-state index contributed by atoms with van der Waals surface area (Å²) in [5, 5.41) is 2.64. The molecule has 2 aromatic carbocycles. The van der Waals surface area contributed by atoms with Crippen molar-refractivity contribution >= 4 is 27.6 Å². The number of nitrogens with zero attached hydrogens (tertiary/aromatic N) is 3. The summed E-state index contributed by atoms with van der Waals surface area (Å²) in [6.07, 6.45) is 1.24. The van der Waals surface area contributed by atoms with Gasteiger partial charge in [-0.05, 0) is 49.6 Å². The first-order valence-corrected chi connectivity index (χ1v) is 12.7. The fourth-order valence-electron chi connectivity index (χ4n) is 4.57. The van der Waals surface area contributed by atoms with Crippen molar-refractivity contribution in [2.75, 3.05) is 31.5 Å². The molecular formula is C24H30N4O4S. The van der Waals surface area contributed by atoms with Gasteiger partial charge in [-0.1, -0.05) is 29.8 Å². The van der Waals surface area contributed by atoms with E-state index in [9.17, 15) is 18.0 Å². The Morgan fingerprint density at radius 2 is 1.73 bits per heavy atom. The largest absolute Gasteiger partial charge is 0.326 e. The predicted octanol–water partition coefficient (Wildman–Crippen LogP) is 3.04. The van der Waals surface area contributed by atoms with Gasteiger partial charge in [-0.2, -0.15) is 4.31 Å². The van der Waals surface area contributed by atoms with E-state index in [1.165, 1.54) is 28.9 Å². The van der Waals surface area contributed by atoms with E-state index in [1.807, 2.05) is 34.9 Å². The Bertz CT molecular complexity index is 1130. The maximum Gasteiger partial charge on any atom is 0.320 e. The number of anilines is 1. The number of hydrogen-bond acceptors (Lipinski definition) is 4. The van der Waals surface area contributed by atoms with Crippen molar-refractivity contribution in [2.24, 2.45) is 0 Å². The van der Waals surface area contributed by atoms with E-state index in [0.29, 0.717) is 51.3 Å². The molecule has 2 aliphatic rings. The summed E-state index contributed by atoms with van der Waals surface area (Å²) < 4.78 is 27.6. The number of carbonyl (C=O) groups excluding carboxylic acids is 2. The summed E-state index contributed by atoms with van der Waals surface area (Å²) in [6, 6.07) is 14.5. The quantitative estimate of drug-likeness (QED) is 0.703. The lowest BCUT2D eigenvalue weighted by molar-refractivity contribution is -0.114. The lowest BCUT2D eigenvalue weighted by Crippen LogP contribution is -2.47. The predicted molar refractivity (Wildman–Crippen MR) is 126 cm³/mol. The third-order valence-corrected chi connectivity index (χ3v) is 8.17. The van der Waals surface area contributed by atoms with Gasteiger partial charge in [-0.3, -0.25) is 4.79 Å². The number of piperidine rings is 1. The van der Waals surface area contributed by atoms with Crippen LogP contribution in [0, 0.1) is 6.92 Å². The van der Waals surface area contributed by atoms with Crippen LogP contribution in [-0.2, 0) is 21.4 Å². The van der Waals surface area contributed by atoms with Crippen LogP contribution in [0.5, 0.6) is 0 Å². The van der Waals surface area contributed by atoms with Crippen molar-refractivity contribution in [1.29, 1.82) is 0 Å². The first kappa shape index (κ1) is 23.3. The zero-order valence-electron chi connectivity index (χ0n) is 19.0. The Kier molecular flexibility index (Phi) is 6.71. The smallest absolute Gasteiger partial charge is 0.320 e. The molecule has 0 unspecified atom stereocenters. The molecular weight excluding hydrogens is 440 g/mol. The standard InChI is InChI=1S/C24H30N4O4S/c1-18-4-3-5-20(16-18)17-26-14-15-28(24(26)30)22-10-12-27(13-11-22)33(31,32)23-8-6-21(7-9-23)25-19(2)29/h3-9,16,22H,10-15,17H2,1-2H3,(H,25,29). The van der Waals surface area contributed by atoms with Gasteiger partial charge in [0.2, 0.25) is 15.9 Å². The third kappa shape index (κ3) is 5.20. The minimum absolute atomic E-state index is 0.0337. The van der Waals surface area contributed by atoms with E-state index in [0.717, 1.165) is 5.56 Å². The van der Waals surface area contributed by atoms with Gasteiger partial charge < -0.3 is 15.1 Å². The average molecular weight is 471 g/mol. The van der Waals surface area contributed by atoms with Crippen LogP contribution in [0.15, 0.2) is 53.4 Å². The molecule has 2 aliphatic heterocycles. The zero-order chi connectivity index (χ0) is 23.6. The van der Waals surface area contributed by atoms with Crippen molar-refractivity contribution in [3.8, 4) is 0 Å². The van der Waals surface area contributed by atoms with Crippen molar-refractivity contribution in [3.63, 3.8) is 0 Å². The van der Waals surface area contributed by atoms with Gasteiger partial charge >= 0.3 is 6.03 Å². The van der Waals surface area contributed by atoms with E-state index in [2.05, 4.69) is 11.4 Å². The topological polar surface area (TPSA) is 90.0 Å². The van der Waals surface area contributed by atoms with E-state index in [-0.39, 0.29) is 22.9 Å². The summed E-state index contributed by atoms with van der Waals surface area (Å²) >= 11 is 0. The monoisotopic (exact) mass is 470 g/mol. The summed E-state index contributed by atoms with van der Waals surface area (Å²) in [6.45, 7) is 6.16. The van der Waals surface area contributed by atoms with Crippen LogP contribution in [-0.4, -0.2) is 66.7 Å². The number of benzene rings is 2. The molecule has 0 saturated carbocycles. The highest BCUT2D eigenvalue weighted by molar-refractivity contribution is 7.89. The number of nitrogens with one attached hydrogen (secondary N) is 1. The molecule has 0 bridgehead atoms. The summed E-state index contributed by atoms with van der Waals surface area (Å²) in [5.74, 6) is -0.207. The van der Waals surface area contributed by atoms with Crippen LogP contribution in [0.25, 0.3) is 0 Å². The maximum absolute atomic E-state index is 13.0. The van der Waals surface area contributed by atoms with Gasteiger partial charge in [-0.15, -0.1) is 0 Å². The Morgan fingerprint density at radius 1 is 1.03 bits per heavy atom. The number of aryl methyl sites for hydroxylation is 1. The van der Waals surface area contributed by atoms with Crippen molar-refractivity contribution in [3.05, 3.63) is 59.7 Å². The molecule has 0 aromatic heterocycles. The van der Waals surface area contributed by atoms with Gasteiger partial charge in [-0.25, -0.2) is 13.2 Å². The Balaban J connectivity index is 1.34. The minimum Gasteiger partial charge on any atom is -0.326 e. The second kappa shape index (κ2) is 9.52. The first-order valence-electron chi connectivity index (χ1n) is 11.2. The highest BCUT2D eigenvalue weighted by Crippen LogP contribution is 2.27. The Morgan fingerprint density at radius 3 is 2.36 bits per heavy atom. The number of amides is 3. The first-order chi connectivity index (χ1) is 15.7. The number of rotatable bonds is 6. The fraction of sp³-hybridized carbons (Fsp3) is 0.417. The fourth-order valence-corrected chi connectivity index (χ4v) is 6.04. The van der Waals surface area contributed by atoms with E-state index >= 15 is 0 Å². The molecule has 2 heterocycles. The van der Waals surface area contributed by atoms with E-state index in [1.54, 1.807) is 12.1 Å². The Labute approximate surface area is 195 Å². The Hall–Kier alpha value is -2.91. The molecule has 2 saturated heterocycles. The molecule has 0 atom stereocenters. The van der Waals surface area contributed by atoms with Crippen molar-refractivity contribution in [1.82, 2.24) is 14.1 Å². The molecule has 2 fully saturated rings. The SMILES string of the molecule is CC(=O)Nc1ccc(S(=O)(=O)N2CCC(N3CCN(Cc4cccc(C)c4)C3=O)CC2)cc1. The lowest BCUT2D eigenvalue weighted by atomic mass is 10.1. The number of hydrogen-bond donors (Lipinski definition) is 1. The molecule has 1 N–H and O–H groups in total. The second-order valence-corrected chi connectivity index (χ2v) is 10.7. The molecule has 176 valence electrons. The van der Waals surface area contributed by atoms with Crippen molar-refractivity contribution in [2.45, 2.75) is 44.2 Å². The molecule has 4 rings (SSSR count). The minimum atomic E-state index is -3.62. The van der Waals surface area contributed by atoms with Gasteiger partial charge in [0.15, 0.2) is 0 Å². The molecule has 0 spiro atoms. The normalized spacial score (nSPS) is 18.1. The number of sulfonamides is 1. The van der Waals surface area contributed by atoms with Gasteiger partial charge in [0.05, 0.1) is 4.90 Å². The van der Waals surface area contributed by atoms with Crippen molar-refractivity contribution < 1.29 is 18.0 Å². The molecule has 8 nitrogen and oxygen atoms in total. The van der Waals surface area contributed by atoms with Crippen LogP contribution < -0.4 is 5.32 Å². The molecule has 2 aromatic rings. The van der Waals surface area contributed by atoms with Crippen LogP contribution >= 0.6 is 0 Å². The van der Waals surface area contributed by atoms with Gasteiger partial charge in [0.25, 0.3) is 0 Å². The molecule has 0 aliphatic carbocycles. The summed E-state index contributed by atoms with van der Waals surface area (Å²) in [5.41, 5.74) is 2.85. The summed E-state index contributed by atoms with van der Waals surface area (Å²) in [7, 11) is -3.62. The molecule has 0 radical (unpaired) electrons.